The average Bonchev–Trinajstić information content (AvgIpc) is 2.85. The van der Waals surface area contributed by atoms with Gasteiger partial charge in [-0.1, -0.05) is 6.92 Å². The number of likely N-dealkylation sites (tertiary alicyclic amines) is 1. The molecule has 1 aliphatic rings. The van der Waals surface area contributed by atoms with E-state index < -0.39 is 16.0 Å². The van der Waals surface area contributed by atoms with E-state index in [1.807, 2.05) is 0 Å². The van der Waals surface area contributed by atoms with Crippen LogP contribution in [0.4, 0.5) is 0 Å². The van der Waals surface area contributed by atoms with E-state index in [0.717, 1.165) is 31.8 Å². The van der Waals surface area contributed by atoms with Gasteiger partial charge in [0.05, 0.1) is 7.11 Å². The van der Waals surface area contributed by atoms with Crippen molar-refractivity contribution in [3.8, 4) is 0 Å². The van der Waals surface area contributed by atoms with Crippen molar-refractivity contribution in [3.05, 3.63) is 17.5 Å². The number of sulfonamides is 1. The van der Waals surface area contributed by atoms with Gasteiger partial charge in [-0.25, -0.2) is 17.9 Å². The highest BCUT2D eigenvalue weighted by Gasteiger charge is 2.25. The minimum absolute atomic E-state index is 0.123. The van der Waals surface area contributed by atoms with Crippen LogP contribution in [-0.2, 0) is 21.8 Å². The Kier molecular flexibility index (Phi) is 6.06. The molecule has 0 aliphatic carbocycles. The summed E-state index contributed by atoms with van der Waals surface area (Å²) in [6, 6.07) is 1.37. The molecule has 2 heterocycles. The Morgan fingerprint density at radius 3 is 2.58 bits per heavy atom. The minimum atomic E-state index is -3.65. The first kappa shape index (κ1) is 19.0. The molecule has 2 rings (SSSR count). The molecule has 1 aromatic rings. The number of piperidine rings is 1. The van der Waals surface area contributed by atoms with E-state index in [-0.39, 0.29) is 10.6 Å². The van der Waals surface area contributed by atoms with E-state index >= 15 is 0 Å². The molecular weight excluding hydrogens is 330 g/mol. The van der Waals surface area contributed by atoms with Crippen molar-refractivity contribution in [1.82, 2.24) is 14.2 Å². The number of nitrogens with zero attached hydrogens (tertiary/aromatic N) is 2. The zero-order chi connectivity index (χ0) is 17.9. The Morgan fingerprint density at radius 1 is 1.38 bits per heavy atom. The number of esters is 1. The molecule has 0 atom stereocenters. The van der Waals surface area contributed by atoms with Crippen LogP contribution in [0.5, 0.6) is 0 Å². The molecule has 1 aliphatic heterocycles. The van der Waals surface area contributed by atoms with Crippen molar-refractivity contribution < 1.29 is 17.9 Å². The summed E-state index contributed by atoms with van der Waals surface area (Å²) in [5.74, 6) is 0.200. The average molecular weight is 357 g/mol. The molecule has 0 bridgehead atoms. The van der Waals surface area contributed by atoms with Crippen molar-refractivity contribution in [2.75, 3.05) is 33.3 Å². The molecular formula is C16H27N3O4S. The Labute approximate surface area is 144 Å². The molecule has 0 saturated carbocycles. The number of ether oxygens (including phenoxy) is 1. The predicted molar refractivity (Wildman–Crippen MR) is 91.5 cm³/mol. The summed E-state index contributed by atoms with van der Waals surface area (Å²) < 4.78 is 33.9. The van der Waals surface area contributed by atoms with Gasteiger partial charge < -0.3 is 14.2 Å². The number of hydrogen-bond acceptors (Lipinski definition) is 5. The molecule has 1 aromatic heterocycles. The van der Waals surface area contributed by atoms with E-state index in [1.165, 1.54) is 17.7 Å². The maximum absolute atomic E-state index is 12.5. The van der Waals surface area contributed by atoms with E-state index in [2.05, 4.69) is 21.3 Å². The summed E-state index contributed by atoms with van der Waals surface area (Å²) in [5.41, 5.74) is 0.732. The van der Waals surface area contributed by atoms with Crippen molar-refractivity contribution in [1.29, 1.82) is 0 Å². The monoisotopic (exact) mass is 357 g/mol. The third-order valence-corrected chi connectivity index (χ3v) is 6.35. The number of rotatable bonds is 6. The lowest BCUT2D eigenvalue weighted by atomic mass is 9.99. The van der Waals surface area contributed by atoms with Crippen molar-refractivity contribution in [2.24, 2.45) is 13.0 Å². The third-order valence-electron chi connectivity index (χ3n) is 4.77. The van der Waals surface area contributed by atoms with Crippen molar-refractivity contribution >= 4 is 16.0 Å². The van der Waals surface area contributed by atoms with Gasteiger partial charge >= 0.3 is 5.97 Å². The Bertz CT molecular complexity index is 688. The second-order valence-corrected chi connectivity index (χ2v) is 8.19. The van der Waals surface area contributed by atoms with Gasteiger partial charge in [0.15, 0.2) is 0 Å². The molecule has 8 heteroatoms. The maximum Gasteiger partial charge on any atom is 0.354 e. The summed E-state index contributed by atoms with van der Waals surface area (Å²) in [6.07, 6.45) is 2.32. The zero-order valence-corrected chi connectivity index (χ0v) is 15.6. The summed E-state index contributed by atoms with van der Waals surface area (Å²) in [5, 5.41) is 0. The quantitative estimate of drug-likeness (QED) is 0.772. The van der Waals surface area contributed by atoms with Gasteiger partial charge in [0.1, 0.15) is 10.6 Å². The molecule has 1 N–H and O–H groups in total. The van der Waals surface area contributed by atoms with Crippen molar-refractivity contribution in [2.45, 2.75) is 31.6 Å². The topological polar surface area (TPSA) is 80.6 Å². The number of methoxy groups -OCH3 is 1. The van der Waals surface area contributed by atoms with Gasteiger partial charge in [0, 0.05) is 25.8 Å². The second-order valence-electron chi connectivity index (χ2n) is 6.45. The number of hydrogen-bond donors (Lipinski definition) is 1. The fourth-order valence-electron chi connectivity index (χ4n) is 2.95. The first-order valence-electron chi connectivity index (χ1n) is 8.23. The lowest BCUT2D eigenvalue weighted by molar-refractivity contribution is 0.0589. The maximum atomic E-state index is 12.5. The molecule has 7 nitrogen and oxygen atoms in total. The van der Waals surface area contributed by atoms with Gasteiger partial charge in [-0.3, -0.25) is 0 Å². The van der Waals surface area contributed by atoms with E-state index in [1.54, 1.807) is 14.0 Å². The first-order valence-corrected chi connectivity index (χ1v) is 9.71. The van der Waals surface area contributed by atoms with Gasteiger partial charge in [-0.05, 0) is 44.8 Å². The number of carbonyl (C=O) groups excluding carboxylic acids is 1. The van der Waals surface area contributed by atoms with Crippen LogP contribution in [0.15, 0.2) is 11.0 Å². The molecule has 0 unspecified atom stereocenters. The largest absolute Gasteiger partial charge is 0.464 e. The Hall–Kier alpha value is -1.38. The molecule has 136 valence electrons. The highest BCUT2D eigenvalue weighted by Crippen LogP contribution is 2.20. The van der Waals surface area contributed by atoms with Crippen LogP contribution in [0.2, 0.25) is 0 Å². The third kappa shape index (κ3) is 4.17. The van der Waals surface area contributed by atoms with Gasteiger partial charge in [-0.2, -0.15) is 0 Å². The normalized spacial score (nSPS) is 17.2. The van der Waals surface area contributed by atoms with Crippen LogP contribution < -0.4 is 4.72 Å². The van der Waals surface area contributed by atoms with Crippen LogP contribution in [0.3, 0.4) is 0 Å². The van der Waals surface area contributed by atoms with Crippen LogP contribution in [0, 0.1) is 12.8 Å². The summed E-state index contributed by atoms with van der Waals surface area (Å²) in [7, 11) is -0.729. The van der Waals surface area contributed by atoms with E-state index in [0.29, 0.717) is 18.8 Å². The predicted octanol–water partition coefficient (Wildman–Crippen LogP) is 1.13. The van der Waals surface area contributed by atoms with Crippen LogP contribution >= 0.6 is 0 Å². The van der Waals surface area contributed by atoms with E-state index in [9.17, 15) is 13.2 Å². The van der Waals surface area contributed by atoms with Crippen molar-refractivity contribution in [3.63, 3.8) is 0 Å². The lowest BCUT2D eigenvalue weighted by Gasteiger charge is -2.30. The first-order chi connectivity index (χ1) is 11.3. The van der Waals surface area contributed by atoms with Gasteiger partial charge in [-0.15, -0.1) is 0 Å². The minimum Gasteiger partial charge on any atom is -0.464 e. The smallest absolute Gasteiger partial charge is 0.354 e. The van der Waals surface area contributed by atoms with Crippen LogP contribution in [0.1, 0.15) is 35.9 Å². The molecule has 0 amide bonds. The summed E-state index contributed by atoms with van der Waals surface area (Å²) >= 11 is 0. The van der Waals surface area contributed by atoms with E-state index in [4.69, 9.17) is 0 Å². The Morgan fingerprint density at radius 2 is 2.00 bits per heavy atom. The number of aromatic nitrogens is 1. The molecule has 0 radical (unpaired) electrons. The van der Waals surface area contributed by atoms with Crippen LogP contribution in [-0.4, -0.2) is 57.1 Å². The van der Waals surface area contributed by atoms with Gasteiger partial charge in [0.25, 0.3) is 0 Å². The molecule has 24 heavy (non-hydrogen) atoms. The molecule has 0 aromatic carbocycles. The zero-order valence-electron chi connectivity index (χ0n) is 14.8. The number of carbonyl (C=O) groups is 1. The SMILES string of the molecule is COC(=O)c1cc(S(=O)(=O)NCCN2CCC(C)CC2)c(C)n1C. The van der Waals surface area contributed by atoms with Gasteiger partial charge in [0.2, 0.25) is 10.0 Å². The lowest BCUT2D eigenvalue weighted by Crippen LogP contribution is -2.39. The fraction of sp³-hybridized carbons (Fsp3) is 0.688. The Balaban J connectivity index is 2.01. The molecule has 0 spiro atoms. The number of nitrogens with one attached hydrogen (secondary N) is 1. The summed E-state index contributed by atoms with van der Waals surface area (Å²) in [6.45, 7) is 7.00. The standard InChI is InChI=1S/C16H27N3O4S/c1-12-5-8-19(9-6-12)10-7-17-24(21,22)15-11-14(16(20)23-4)18(3)13(15)2/h11-12,17H,5-10H2,1-4H3. The fourth-order valence-corrected chi connectivity index (χ4v) is 4.25. The highest BCUT2D eigenvalue weighted by atomic mass is 32.2. The van der Waals surface area contributed by atoms with Crippen LogP contribution in [0.25, 0.3) is 0 Å². The summed E-state index contributed by atoms with van der Waals surface area (Å²) in [4.78, 5) is 14.1. The molecule has 1 fully saturated rings. The molecule has 1 saturated heterocycles. The second kappa shape index (κ2) is 7.67. The highest BCUT2D eigenvalue weighted by molar-refractivity contribution is 7.89.